The van der Waals surface area contributed by atoms with E-state index in [1.165, 1.54) is 39.3 Å². The van der Waals surface area contributed by atoms with Gasteiger partial charge >= 0.3 is 0 Å². The predicted molar refractivity (Wildman–Crippen MR) is 140 cm³/mol. The maximum Gasteiger partial charge on any atom is 0.170 e. The molecule has 6 heteroatoms. The third kappa shape index (κ3) is 4.10. The van der Waals surface area contributed by atoms with Crippen molar-refractivity contribution < 1.29 is 0 Å². The molecule has 0 spiro atoms. The summed E-state index contributed by atoms with van der Waals surface area (Å²) in [5.41, 5.74) is 9.57. The van der Waals surface area contributed by atoms with Crippen LogP contribution in [0.1, 0.15) is 51.4 Å². The third-order valence-corrected chi connectivity index (χ3v) is 6.91. The highest BCUT2D eigenvalue weighted by Gasteiger charge is 2.41. The molecule has 0 bridgehead atoms. The molecule has 0 amide bonds. The first-order chi connectivity index (χ1) is 16.4. The van der Waals surface area contributed by atoms with Gasteiger partial charge < -0.3 is 14.8 Å². The zero-order valence-corrected chi connectivity index (χ0v) is 20.8. The first kappa shape index (κ1) is 22.3. The van der Waals surface area contributed by atoms with Gasteiger partial charge in [0.2, 0.25) is 0 Å². The van der Waals surface area contributed by atoms with Gasteiger partial charge in [0.05, 0.1) is 17.8 Å². The fourth-order valence-corrected chi connectivity index (χ4v) is 5.47. The summed E-state index contributed by atoms with van der Waals surface area (Å²) in [7, 11) is 0. The number of aryl methyl sites for hydroxylation is 3. The van der Waals surface area contributed by atoms with Gasteiger partial charge in [-0.1, -0.05) is 12.1 Å². The molecule has 1 fully saturated rings. The Hall–Kier alpha value is -3.51. The van der Waals surface area contributed by atoms with E-state index in [0.717, 1.165) is 10.8 Å². The van der Waals surface area contributed by atoms with Crippen LogP contribution in [0.25, 0.3) is 5.69 Å². The molecular formula is C28H29N5S. The Bertz CT molecular complexity index is 1310. The van der Waals surface area contributed by atoms with E-state index in [2.05, 4.69) is 82.8 Å². The van der Waals surface area contributed by atoms with Crippen LogP contribution in [-0.4, -0.2) is 24.5 Å². The first-order valence-corrected chi connectivity index (χ1v) is 12.0. The average molecular weight is 468 g/mol. The standard InChI is InChI=1S/C28H29N5S/c1-18-13-19(2)15-23(14-18)33-20(3)16-24(21(33)4)27-26(25-7-5-6-10-30-25)31-28(34)32(27)17-22-8-11-29-12-9-22/h5-16,26-27H,17H2,1-4H3,(H,31,34)/t26-,27+/m1/s1. The fraction of sp³-hybridized carbons (Fsp3) is 0.250. The van der Waals surface area contributed by atoms with Crippen LogP contribution in [0.3, 0.4) is 0 Å². The van der Waals surface area contributed by atoms with E-state index in [4.69, 9.17) is 12.2 Å². The number of thiocarbonyl (C=S) groups is 1. The predicted octanol–water partition coefficient (Wildman–Crippen LogP) is 5.67. The van der Waals surface area contributed by atoms with Gasteiger partial charge in [-0.2, -0.15) is 0 Å². The van der Waals surface area contributed by atoms with E-state index in [0.29, 0.717) is 6.54 Å². The minimum absolute atomic E-state index is 0.0152. The van der Waals surface area contributed by atoms with Crippen LogP contribution in [0.4, 0.5) is 0 Å². The second-order valence-electron chi connectivity index (χ2n) is 9.12. The SMILES string of the molecule is Cc1cc(C)cc(-n2c(C)cc([C@H]3[C@@H](c4ccccn4)NC(=S)N3Cc3ccncc3)c2C)c1. The molecule has 1 aliphatic rings. The second-order valence-corrected chi connectivity index (χ2v) is 9.50. The van der Waals surface area contributed by atoms with Gasteiger partial charge in [-0.05, 0) is 105 Å². The summed E-state index contributed by atoms with van der Waals surface area (Å²) in [6.07, 6.45) is 5.51. The lowest BCUT2D eigenvalue weighted by atomic mass is 9.96. The van der Waals surface area contributed by atoms with Gasteiger partial charge in [0.1, 0.15) is 0 Å². The van der Waals surface area contributed by atoms with Crippen molar-refractivity contribution in [3.63, 3.8) is 0 Å². The molecule has 1 saturated heterocycles. The van der Waals surface area contributed by atoms with E-state index < -0.39 is 0 Å². The summed E-state index contributed by atoms with van der Waals surface area (Å²) < 4.78 is 2.36. The summed E-state index contributed by atoms with van der Waals surface area (Å²) in [6.45, 7) is 9.39. The molecule has 1 aromatic carbocycles. The van der Waals surface area contributed by atoms with E-state index in [1.807, 2.05) is 42.9 Å². The van der Waals surface area contributed by atoms with Crippen molar-refractivity contribution in [3.05, 3.63) is 113 Å². The molecular weight excluding hydrogens is 438 g/mol. The largest absolute Gasteiger partial charge is 0.352 e. The first-order valence-electron chi connectivity index (χ1n) is 11.6. The second kappa shape index (κ2) is 9.03. The Kier molecular flexibility index (Phi) is 5.92. The molecule has 0 aliphatic carbocycles. The number of benzene rings is 1. The summed E-state index contributed by atoms with van der Waals surface area (Å²) in [5.74, 6) is 0. The maximum absolute atomic E-state index is 5.87. The minimum Gasteiger partial charge on any atom is -0.352 e. The number of nitrogens with zero attached hydrogens (tertiary/aromatic N) is 4. The average Bonchev–Trinajstić information content (AvgIpc) is 3.29. The number of hydrogen-bond acceptors (Lipinski definition) is 3. The van der Waals surface area contributed by atoms with Crippen LogP contribution in [-0.2, 0) is 6.54 Å². The van der Waals surface area contributed by atoms with Gasteiger partial charge in [-0.15, -0.1) is 0 Å². The third-order valence-electron chi connectivity index (χ3n) is 6.55. The lowest BCUT2D eigenvalue weighted by Gasteiger charge is -2.28. The smallest absolute Gasteiger partial charge is 0.170 e. The van der Waals surface area contributed by atoms with Crippen molar-refractivity contribution >= 4 is 17.3 Å². The van der Waals surface area contributed by atoms with E-state index in [-0.39, 0.29) is 12.1 Å². The van der Waals surface area contributed by atoms with Crippen molar-refractivity contribution in [2.45, 2.75) is 46.3 Å². The molecule has 4 aromatic rings. The molecule has 4 heterocycles. The maximum atomic E-state index is 5.87. The van der Waals surface area contributed by atoms with Gasteiger partial charge in [0.25, 0.3) is 0 Å². The Balaban J connectivity index is 1.63. The summed E-state index contributed by atoms with van der Waals surface area (Å²) >= 11 is 5.87. The van der Waals surface area contributed by atoms with Crippen molar-refractivity contribution in [1.82, 2.24) is 24.8 Å². The monoisotopic (exact) mass is 467 g/mol. The zero-order valence-electron chi connectivity index (χ0n) is 20.0. The molecule has 5 nitrogen and oxygen atoms in total. The van der Waals surface area contributed by atoms with Crippen LogP contribution in [0, 0.1) is 27.7 Å². The Labute approximate surface area is 206 Å². The van der Waals surface area contributed by atoms with Gasteiger partial charge in [-0.25, -0.2) is 0 Å². The van der Waals surface area contributed by atoms with E-state index in [1.54, 1.807) is 0 Å². The Morgan fingerprint density at radius 3 is 2.32 bits per heavy atom. The quantitative estimate of drug-likeness (QED) is 0.383. The molecule has 0 radical (unpaired) electrons. The lowest BCUT2D eigenvalue weighted by Crippen LogP contribution is -2.29. The lowest BCUT2D eigenvalue weighted by molar-refractivity contribution is 0.310. The zero-order chi connectivity index (χ0) is 23.8. The van der Waals surface area contributed by atoms with Crippen LogP contribution in [0.5, 0.6) is 0 Å². The Morgan fingerprint density at radius 2 is 1.65 bits per heavy atom. The normalized spacial score (nSPS) is 17.8. The minimum atomic E-state index is -0.0382. The molecule has 2 atom stereocenters. The van der Waals surface area contributed by atoms with Crippen LogP contribution < -0.4 is 5.32 Å². The highest BCUT2D eigenvalue weighted by molar-refractivity contribution is 7.80. The van der Waals surface area contributed by atoms with Crippen LogP contribution in [0.2, 0.25) is 0 Å². The fourth-order valence-electron chi connectivity index (χ4n) is 5.16. The number of aromatic nitrogens is 3. The topological polar surface area (TPSA) is 46.0 Å². The van der Waals surface area contributed by atoms with Crippen LogP contribution >= 0.6 is 12.2 Å². The molecule has 1 aliphatic heterocycles. The van der Waals surface area contributed by atoms with Crippen molar-refractivity contribution in [1.29, 1.82) is 0 Å². The highest BCUT2D eigenvalue weighted by atomic mass is 32.1. The van der Waals surface area contributed by atoms with Gasteiger partial charge in [0.15, 0.2) is 5.11 Å². The van der Waals surface area contributed by atoms with Crippen molar-refractivity contribution in [2.24, 2.45) is 0 Å². The molecule has 0 saturated carbocycles. The molecule has 1 N–H and O–H groups in total. The van der Waals surface area contributed by atoms with E-state index in [9.17, 15) is 0 Å². The molecule has 3 aromatic heterocycles. The summed E-state index contributed by atoms with van der Waals surface area (Å²) in [6, 6.07) is 19.2. The van der Waals surface area contributed by atoms with E-state index >= 15 is 0 Å². The highest BCUT2D eigenvalue weighted by Crippen LogP contribution is 2.42. The number of nitrogens with one attached hydrogen (secondary N) is 1. The molecule has 34 heavy (non-hydrogen) atoms. The van der Waals surface area contributed by atoms with Crippen molar-refractivity contribution in [2.75, 3.05) is 0 Å². The molecule has 0 unspecified atom stereocenters. The number of hydrogen-bond donors (Lipinski definition) is 1. The van der Waals surface area contributed by atoms with Gasteiger partial charge in [-0.3, -0.25) is 9.97 Å². The van der Waals surface area contributed by atoms with Gasteiger partial charge in [0, 0.05) is 42.2 Å². The number of pyridine rings is 2. The number of rotatable bonds is 5. The summed E-state index contributed by atoms with van der Waals surface area (Å²) in [4.78, 5) is 11.2. The Morgan fingerprint density at radius 1 is 0.912 bits per heavy atom. The summed E-state index contributed by atoms with van der Waals surface area (Å²) in [5, 5.41) is 4.32. The van der Waals surface area contributed by atoms with Crippen molar-refractivity contribution in [3.8, 4) is 5.69 Å². The molecule has 172 valence electrons. The van der Waals surface area contributed by atoms with Crippen LogP contribution in [0.15, 0.2) is 73.2 Å². The molecule has 5 rings (SSSR count).